The first-order valence-electron chi connectivity index (χ1n) is 11.6. The van der Waals surface area contributed by atoms with Crippen LogP contribution in [0.25, 0.3) is 11.2 Å². The van der Waals surface area contributed by atoms with Crippen molar-refractivity contribution in [2.24, 2.45) is 0 Å². The van der Waals surface area contributed by atoms with Gasteiger partial charge in [0.2, 0.25) is 21.9 Å². The maximum Gasteiger partial charge on any atom is 0.224 e. The van der Waals surface area contributed by atoms with E-state index in [1.54, 1.807) is 4.57 Å². The molecular weight excluding hydrogens is 499 g/mol. The molecular formula is C22H26F3N7O3S. The Morgan fingerprint density at radius 3 is 2.36 bits per heavy atom. The molecule has 14 heteroatoms. The number of fused-ring (bicyclic) bond motifs is 1. The largest absolute Gasteiger partial charge is 0.379 e. The molecule has 1 aliphatic heterocycles. The maximum absolute atomic E-state index is 14.3. The van der Waals surface area contributed by atoms with Gasteiger partial charge in [0.25, 0.3) is 0 Å². The van der Waals surface area contributed by atoms with Crippen LogP contribution in [0.15, 0.2) is 18.3 Å². The van der Waals surface area contributed by atoms with Crippen LogP contribution in [-0.4, -0.2) is 59.5 Å². The lowest BCUT2D eigenvalue weighted by Crippen LogP contribution is -2.39. The molecule has 2 aromatic heterocycles. The van der Waals surface area contributed by atoms with Gasteiger partial charge >= 0.3 is 0 Å². The molecule has 1 saturated heterocycles. The Morgan fingerprint density at radius 1 is 1.03 bits per heavy atom. The summed E-state index contributed by atoms with van der Waals surface area (Å²) in [6.45, 7) is 0.892. The first kappa shape index (κ1) is 24.7. The van der Waals surface area contributed by atoms with E-state index in [0.717, 1.165) is 19.1 Å². The van der Waals surface area contributed by atoms with E-state index in [4.69, 9.17) is 4.74 Å². The monoisotopic (exact) mass is 525 g/mol. The van der Waals surface area contributed by atoms with Crippen molar-refractivity contribution in [2.75, 3.05) is 30.1 Å². The van der Waals surface area contributed by atoms with Gasteiger partial charge in [0.1, 0.15) is 17.0 Å². The molecule has 0 bridgehead atoms. The number of nitrogens with zero attached hydrogens (tertiary/aromatic N) is 4. The lowest BCUT2D eigenvalue weighted by atomic mass is 9.92. The number of benzene rings is 1. The van der Waals surface area contributed by atoms with Crippen LogP contribution < -0.4 is 15.4 Å². The standard InChI is InChI=1S/C22H26F3N7O3S/c1-36(33,34)31-14-4-2-13(3-5-14)27-21-26-10-18-20(30-21)32(15-6-7-35-11-15)22(28-18)29-19-16(24)8-12(23)9-17(19)25/h8-10,13-15,31H,2-7,11H2,1H3,(H,28,29)(H,26,27,30)/t13?,14?,15-/m0/s1. The number of hydrogen-bond acceptors (Lipinski definition) is 8. The fraction of sp³-hybridized carbons (Fsp3) is 0.500. The van der Waals surface area contributed by atoms with Crippen LogP contribution in [-0.2, 0) is 14.8 Å². The molecule has 194 valence electrons. The highest BCUT2D eigenvalue weighted by Crippen LogP contribution is 2.32. The lowest BCUT2D eigenvalue weighted by molar-refractivity contribution is 0.187. The van der Waals surface area contributed by atoms with Gasteiger partial charge in [0.05, 0.1) is 25.1 Å². The van der Waals surface area contributed by atoms with Gasteiger partial charge in [0, 0.05) is 30.8 Å². The minimum atomic E-state index is -3.25. The van der Waals surface area contributed by atoms with Gasteiger partial charge in [-0.3, -0.25) is 4.57 Å². The summed E-state index contributed by atoms with van der Waals surface area (Å²) in [5.41, 5.74) is 0.359. The topological polar surface area (TPSA) is 123 Å². The molecule has 36 heavy (non-hydrogen) atoms. The summed E-state index contributed by atoms with van der Waals surface area (Å²) in [5, 5.41) is 5.97. The summed E-state index contributed by atoms with van der Waals surface area (Å²) >= 11 is 0. The quantitative estimate of drug-likeness (QED) is 0.430. The highest BCUT2D eigenvalue weighted by atomic mass is 32.2. The van der Waals surface area contributed by atoms with Crippen LogP contribution in [0.3, 0.4) is 0 Å². The van der Waals surface area contributed by atoms with Gasteiger partial charge < -0.3 is 15.4 Å². The van der Waals surface area contributed by atoms with Crippen molar-refractivity contribution in [1.82, 2.24) is 24.2 Å². The smallest absolute Gasteiger partial charge is 0.224 e. The first-order chi connectivity index (χ1) is 17.2. The normalized spacial score (nSPS) is 22.7. The molecule has 1 aromatic carbocycles. The highest BCUT2D eigenvalue weighted by Gasteiger charge is 2.27. The third-order valence-electron chi connectivity index (χ3n) is 6.39. The maximum atomic E-state index is 14.3. The molecule has 1 atom stereocenters. The van der Waals surface area contributed by atoms with Gasteiger partial charge in [0.15, 0.2) is 17.3 Å². The Bertz CT molecular complexity index is 1350. The molecule has 3 heterocycles. The van der Waals surface area contributed by atoms with Crippen LogP contribution in [0, 0.1) is 17.5 Å². The van der Waals surface area contributed by atoms with Gasteiger partial charge in [-0.15, -0.1) is 0 Å². The molecule has 3 N–H and O–H groups in total. The molecule has 3 aromatic rings. The summed E-state index contributed by atoms with van der Waals surface area (Å²) in [7, 11) is -3.25. The molecule has 0 spiro atoms. The van der Waals surface area contributed by atoms with Crippen LogP contribution in [0.1, 0.15) is 38.1 Å². The van der Waals surface area contributed by atoms with Gasteiger partial charge in [-0.25, -0.2) is 36.3 Å². The SMILES string of the molecule is CS(=O)(=O)NC1CCC(Nc2ncc3nc(Nc4c(F)cc(F)cc4F)n([C@H]4CCOC4)c3n2)CC1. The summed E-state index contributed by atoms with van der Waals surface area (Å²) in [4.78, 5) is 13.4. The van der Waals surface area contributed by atoms with E-state index in [1.165, 1.54) is 6.20 Å². The Hall–Kier alpha value is -2.97. The third kappa shape index (κ3) is 5.39. The molecule has 0 unspecified atom stereocenters. The van der Waals surface area contributed by atoms with Gasteiger partial charge in [-0.1, -0.05) is 0 Å². The Balaban J connectivity index is 1.40. The number of nitrogens with one attached hydrogen (secondary N) is 3. The van der Waals surface area contributed by atoms with Crippen molar-refractivity contribution in [2.45, 2.75) is 50.2 Å². The minimum absolute atomic E-state index is 0.0613. The molecule has 5 rings (SSSR count). The number of imidazole rings is 1. The van der Waals surface area contributed by atoms with Crippen molar-refractivity contribution >= 4 is 38.8 Å². The molecule has 0 amide bonds. The van der Waals surface area contributed by atoms with Crippen LogP contribution in [0.5, 0.6) is 0 Å². The predicted octanol–water partition coefficient (Wildman–Crippen LogP) is 3.22. The molecule has 10 nitrogen and oxygen atoms in total. The molecule has 0 radical (unpaired) electrons. The van der Waals surface area contributed by atoms with Crippen LogP contribution in [0.4, 0.5) is 30.8 Å². The van der Waals surface area contributed by atoms with Crippen molar-refractivity contribution in [1.29, 1.82) is 0 Å². The fourth-order valence-corrected chi connectivity index (χ4v) is 5.58. The molecule has 2 aliphatic rings. The number of hydrogen-bond donors (Lipinski definition) is 3. The average molecular weight is 526 g/mol. The second-order valence-corrected chi connectivity index (χ2v) is 11.0. The first-order valence-corrected chi connectivity index (χ1v) is 13.5. The van der Waals surface area contributed by atoms with Crippen LogP contribution in [0.2, 0.25) is 0 Å². The van der Waals surface area contributed by atoms with E-state index >= 15 is 0 Å². The van der Waals surface area contributed by atoms with Crippen LogP contribution >= 0.6 is 0 Å². The number of sulfonamides is 1. The molecule has 1 saturated carbocycles. The van der Waals surface area contributed by atoms with Gasteiger partial charge in [-0.2, -0.15) is 4.98 Å². The Morgan fingerprint density at radius 2 is 1.72 bits per heavy atom. The summed E-state index contributed by atoms with van der Waals surface area (Å²) < 4.78 is 74.9. The second-order valence-electron chi connectivity index (χ2n) is 9.18. The van der Waals surface area contributed by atoms with E-state index in [9.17, 15) is 21.6 Å². The van der Waals surface area contributed by atoms with E-state index < -0.39 is 33.2 Å². The average Bonchev–Trinajstić information content (AvgIpc) is 3.44. The molecule has 1 aliphatic carbocycles. The van der Waals surface area contributed by atoms with Gasteiger partial charge in [-0.05, 0) is 32.1 Å². The highest BCUT2D eigenvalue weighted by molar-refractivity contribution is 7.88. The fourth-order valence-electron chi connectivity index (χ4n) is 4.73. The summed E-state index contributed by atoms with van der Waals surface area (Å²) in [6.07, 6.45) is 6.18. The van der Waals surface area contributed by atoms with E-state index in [1.807, 2.05) is 0 Å². The summed E-state index contributed by atoms with van der Waals surface area (Å²) in [5.74, 6) is -2.67. The van der Waals surface area contributed by atoms with E-state index in [-0.39, 0.29) is 24.1 Å². The predicted molar refractivity (Wildman–Crippen MR) is 127 cm³/mol. The number of anilines is 3. The molecule has 2 fully saturated rings. The van der Waals surface area contributed by atoms with Crippen molar-refractivity contribution in [3.05, 3.63) is 35.8 Å². The van der Waals surface area contributed by atoms with E-state index in [0.29, 0.717) is 61.7 Å². The summed E-state index contributed by atoms with van der Waals surface area (Å²) in [6, 6.07) is 0.986. The van der Waals surface area contributed by atoms with Crippen molar-refractivity contribution in [3.63, 3.8) is 0 Å². The Kier molecular flexibility index (Phi) is 6.74. The zero-order chi connectivity index (χ0) is 25.4. The van der Waals surface area contributed by atoms with E-state index in [2.05, 4.69) is 30.3 Å². The van der Waals surface area contributed by atoms with Crippen molar-refractivity contribution in [3.8, 4) is 0 Å². The zero-order valence-electron chi connectivity index (χ0n) is 19.5. The number of ether oxygens (including phenoxy) is 1. The van der Waals surface area contributed by atoms with Crippen molar-refractivity contribution < 1.29 is 26.3 Å². The third-order valence-corrected chi connectivity index (χ3v) is 7.15. The zero-order valence-corrected chi connectivity index (χ0v) is 20.3. The number of aromatic nitrogens is 4. The Labute approximate surface area is 205 Å². The minimum Gasteiger partial charge on any atom is -0.379 e. The number of rotatable bonds is 7. The number of halogens is 3. The lowest BCUT2D eigenvalue weighted by Gasteiger charge is -2.29. The second kappa shape index (κ2) is 9.82.